The summed E-state index contributed by atoms with van der Waals surface area (Å²) in [6.07, 6.45) is 2.42. The maximum absolute atomic E-state index is 11.0. The average molecular weight is 317 g/mol. The third-order valence-electron chi connectivity index (χ3n) is 3.88. The second-order valence-electron chi connectivity index (χ2n) is 5.65. The summed E-state index contributed by atoms with van der Waals surface area (Å²) in [6.45, 7) is 4.35. The lowest BCUT2D eigenvalue weighted by atomic mass is 10.1. The van der Waals surface area contributed by atoms with Crippen molar-refractivity contribution in [3.8, 4) is 0 Å². The molecule has 0 fully saturated rings. The summed E-state index contributed by atoms with van der Waals surface area (Å²) in [4.78, 5) is 17.2. The van der Waals surface area contributed by atoms with Crippen LogP contribution in [0.25, 0.3) is 0 Å². The van der Waals surface area contributed by atoms with E-state index in [-0.39, 0.29) is 12.6 Å². The molecule has 6 heteroatoms. The lowest BCUT2D eigenvalue weighted by molar-refractivity contribution is -0.139. The standard InChI is InChI=1S/C17H23N3O3/c1-3-13(2)20(12-17(21)22)11-16-18-15(19-23-16)10-9-14-7-5-4-6-8-14/h4-8,13H,3,9-12H2,1-2H3,(H,21,22)/t13-/m1/s1. The fourth-order valence-electron chi connectivity index (χ4n) is 2.33. The van der Waals surface area contributed by atoms with Gasteiger partial charge >= 0.3 is 5.97 Å². The number of hydrogen-bond donors (Lipinski definition) is 1. The SMILES string of the molecule is CC[C@@H](C)N(CC(=O)O)Cc1nc(CCc2ccccc2)no1. The van der Waals surface area contributed by atoms with Gasteiger partial charge < -0.3 is 9.63 Å². The topological polar surface area (TPSA) is 79.5 Å². The Balaban J connectivity index is 1.93. The predicted molar refractivity (Wildman–Crippen MR) is 85.9 cm³/mol. The number of rotatable bonds is 9. The molecule has 0 bridgehead atoms. The Kier molecular flexibility index (Phi) is 6.29. The molecule has 6 nitrogen and oxygen atoms in total. The van der Waals surface area contributed by atoms with E-state index >= 15 is 0 Å². The third-order valence-corrected chi connectivity index (χ3v) is 3.88. The van der Waals surface area contributed by atoms with Crippen LogP contribution in [0, 0.1) is 0 Å². The number of aryl methyl sites for hydroxylation is 2. The molecule has 0 unspecified atom stereocenters. The summed E-state index contributed by atoms with van der Waals surface area (Å²) < 4.78 is 5.26. The molecular formula is C17H23N3O3. The van der Waals surface area contributed by atoms with Gasteiger partial charge in [0.15, 0.2) is 5.82 Å². The largest absolute Gasteiger partial charge is 0.480 e. The molecule has 1 heterocycles. The van der Waals surface area contributed by atoms with Crippen molar-refractivity contribution >= 4 is 5.97 Å². The molecule has 0 saturated carbocycles. The Bertz CT molecular complexity index is 613. The molecular weight excluding hydrogens is 294 g/mol. The van der Waals surface area contributed by atoms with E-state index in [1.807, 2.05) is 36.9 Å². The van der Waals surface area contributed by atoms with E-state index in [9.17, 15) is 4.79 Å². The molecule has 0 aliphatic heterocycles. The molecule has 23 heavy (non-hydrogen) atoms. The molecule has 0 spiro atoms. The molecule has 0 amide bonds. The van der Waals surface area contributed by atoms with Crippen molar-refractivity contribution in [1.82, 2.24) is 15.0 Å². The summed E-state index contributed by atoms with van der Waals surface area (Å²) in [7, 11) is 0. The molecule has 2 aromatic rings. The number of hydrogen-bond acceptors (Lipinski definition) is 5. The quantitative estimate of drug-likeness (QED) is 0.765. The van der Waals surface area contributed by atoms with Crippen molar-refractivity contribution in [1.29, 1.82) is 0 Å². The summed E-state index contributed by atoms with van der Waals surface area (Å²) >= 11 is 0. The maximum atomic E-state index is 11.0. The average Bonchev–Trinajstić information content (AvgIpc) is 2.99. The first-order chi connectivity index (χ1) is 11.1. The Morgan fingerprint density at radius 3 is 2.70 bits per heavy atom. The molecule has 0 saturated heterocycles. The van der Waals surface area contributed by atoms with Gasteiger partial charge in [-0.2, -0.15) is 4.98 Å². The predicted octanol–water partition coefficient (Wildman–Crippen LogP) is 2.54. The zero-order chi connectivity index (χ0) is 16.7. The van der Waals surface area contributed by atoms with E-state index in [0.29, 0.717) is 24.7 Å². The first kappa shape index (κ1) is 17.1. The summed E-state index contributed by atoms with van der Waals surface area (Å²) in [5.41, 5.74) is 1.23. The highest BCUT2D eigenvalue weighted by atomic mass is 16.5. The highest BCUT2D eigenvalue weighted by Crippen LogP contribution is 2.10. The van der Waals surface area contributed by atoms with Crippen LogP contribution in [0.5, 0.6) is 0 Å². The zero-order valence-corrected chi connectivity index (χ0v) is 13.6. The minimum Gasteiger partial charge on any atom is -0.480 e. The molecule has 0 aliphatic rings. The Morgan fingerprint density at radius 2 is 2.04 bits per heavy atom. The van der Waals surface area contributed by atoms with E-state index in [2.05, 4.69) is 22.3 Å². The molecule has 1 aromatic carbocycles. The van der Waals surface area contributed by atoms with E-state index in [0.717, 1.165) is 12.8 Å². The molecule has 1 aromatic heterocycles. The third kappa shape index (κ3) is 5.49. The molecule has 0 aliphatic carbocycles. The van der Waals surface area contributed by atoms with Gasteiger partial charge in [-0.3, -0.25) is 9.69 Å². The van der Waals surface area contributed by atoms with Crippen molar-refractivity contribution in [2.75, 3.05) is 6.54 Å². The second kappa shape index (κ2) is 8.43. The first-order valence-corrected chi connectivity index (χ1v) is 7.89. The Morgan fingerprint density at radius 1 is 1.30 bits per heavy atom. The van der Waals surface area contributed by atoms with Gasteiger partial charge in [0.1, 0.15) is 0 Å². The van der Waals surface area contributed by atoms with Crippen LogP contribution < -0.4 is 0 Å². The zero-order valence-electron chi connectivity index (χ0n) is 13.6. The number of aliphatic carboxylic acids is 1. The molecule has 0 radical (unpaired) electrons. The fourth-order valence-corrected chi connectivity index (χ4v) is 2.33. The van der Waals surface area contributed by atoms with Crippen molar-refractivity contribution in [3.63, 3.8) is 0 Å². The van der Waals surface area contributed by atoms with E-state index in [1.165, 1.54) is 5.56 Å². The van der Waals surface area contributed by atoms with Crippen LogP contribution in [0.3, 0.4) is 0 Å². The summed E-state index contributed by atoms with van der Waals surface area (Å²) in [5.74, 6) is 0.270. The second-order valence-corrected chi connectivity index (χ2v) is 5.65. The van der Waals surface area contributed by atoms with Crippen LogP contribution in [0.15, 0.2) is 34.9 Å². The Labute approximate surface area is 136 Å². The lowest BCUT2D eigenvalue weighted by Gasteiger charge is -2.24. The van der Waals surface area contributed by atoms with Gasteiger partial charge in [-0.25, -0.2) is 0 Å². The van der Waals surface area contributed by atoms with E-state index in [4.69, 9.17) is 9.63 Å². The smallest absolute Gasteiger partial charge is 0.317 e. The van der Waals surface area contributed by atoms with Gasteiger partial charge in [-0.15, -0.1) is 0 Å². The number of carbonyl (C=O) groups is 1. The highest BCUT2D eigenvalue weighted by molar-refractivity contribution is 5.69. The van der Waals surface area contributed by atoms with Crippen molar-refractivity contribution in [3.05, 3.63) is 47.6 Å². The number of benzene rings is 1. The first-order valence-electron chi connectivity index (χ1n) is 7.89. The number of carboxylic acid groups (broad SMARTS) is 1. The minimum atomic E-state index is -0.853. The number of nitrogens with zero attached hydrogens (tertiary/aromatic N) is 3. The summed E-state index contributed by atoms with van der Waals surface area (Å²) in [5, 5.41) is 13.0. The maximum Gasteiger partial charge on any atom is 0.317 e. The van der Waals surface area contributed by atoms with Crippen LogP contribution in [-0.4, -0.2) is 38.7 Å². The normalized spacial score (nSPS) is 12.5. The van der Waals surface area contributed by atoms with Crippen molar-refractivity contribution in [2.24, 2.45) is 0 Å². The van der Waals surface area contributed by atoms with Crippen LogP contribution in [0.1, 0.15) is 37.5 Å². The lowest BCUT2D eigenvalue weighted by Crippen LogP contribution is -2.36. The van der Waals surface area contributed by atoms with Gasteiger partial charge in [-0.1, -0.05) is 42.4 Å². The molecule has 1 N–H and O–H groups in total. The van der Waals surface area contributed by atoms with Crippen LogP contribution in [-0.2, 0) is 24.2 Å². The number of aromatic nitrogens is 2. The fraction of sp³-hybridized carbons (Fsp3) is 0.471. The van der Waals surface area contributed by atoms with Crippen LogP contribution in [0.4, 0.5) is 0 Å². The molecule has 2 rings (SSSR count). The van der Waals surface area contributed by atoms with Crippen LogP contribution >= 0.6 is 0 Å². The minimum absolute atomic E-state index is 0.0310. The van der Waals surface area contributed by atoms with Gasteiger partial charge in [0.25, 0.3) is 0 Å². The van der Waals surface area contributed by atoms with Crippen molar-refractivity contribution in [2.45, 2.75) is 45.7 Å². The van der Waals surface area contributed by atoms with E-state index < -0.39 is 5.97 Å². The Hall–Kier alpha value is -2.21. The van der Waals surface area contributed by atoms with Crippen LogP contribution in [0.2, 0.25) is 0 Å². The van der Waals surface area contributed by atoms with Gasteiger partial charge in [0.2, 0.25) is 5.89 Å². The molecule has 1 atom stereocenters. The van der Waals surface area contributed by atoms with Crippen molar-refractivity contribution < 1.29 is 14.4 Å². The molecule has 124 valence electrons. The van der Waals surface area contributed by atoms with E-state index in [1.54, 1.807) is 0 Å². The summed E-state index contributed by atoms with van der Waals surface area (Å²) in [6, 6.07) is 10.3. The van der Waals surface area contributed by atoms with Gasteiger partial charge in [0, 0.05) is 12.5 Å². The highest BCUT2D eigenvalue weighted by Gasteiger charge is 2.19. The van der Waals surface area contributed by atoms with Gasteiger partial charge in [0.05, 0.1) is 13.1 Å². The number of carboxylic acids is 1. The monoisotopic (exact) mass is 317 g/mol. The van der Waals surface area contributed by atoms with Gasteiger partial charge in [-0.05, 0) is 25.3 Å².